The molecule has 0 bridgehead atoms. The smallest absolute Gasteiger partial charge is 0.293 e. The molecule has 0 saturated heterocycles. The van der Waals surface area contributed by atoms with Gasteiger partial charge in [0.05, 0.1) is 0 Å². The topological polar surface area (TPSA) is 64.8 Å². The van der Waals surface area contributed by atoms with Crippen LogP contribution in [0.5, 0.6) is 0 Å². The number of hydrogen-bond donors (Lipinski definition) is 0. The van der Waals surface area contributed by atoms with Crippen molar-refractivity contribution in [3.8, 4) is 0 Å². The molecule has 1 saturated carbocycles. The van der Waals surface area contributed by atoms with Crippen molar-refractivity contribution in [3.63, 3.8) is 0 Å². The average Bonchev–Trinajstić information content (AvgIpc) is 2.94. The van der Waals surface area contributed by atoms with Crippen molar-refractivity contribution in [2.75, 3.05) is 0 Å². The van der Waals surface area contributed by atoms with E-state index < -0.39 is 32.4 Å². The molecule has 2 rings (SSSR count). The summed E-state index contributed by atoms with van der Waals surface area (Å²) in [6.45, 7) is 1.29. The van der Waals surface area contributed by atoms with Gasteiger partial charge in [-0.05, 0) is 12.8 Å². The summed E-state index contributed by atoms with van der Waals surface area (Å²) in [5, 5.41) is 5.97. The molecule has 1 heterocycles. The van der Waals surface area contributed by atoms with Gasteiger partial charge >= 0.3 is 5.92 Å². The third kappa shape index (κ3) is 2.28. The van der Waals surface area contributed by atoms with Gasteiger partial charge in [-0.1, -0.05) is 6.92 Å². The van der Waals surface area contributed by atoms with Gasteiger partial charge < -0.3 is 0 Å². The fourth-order valence-corrected chi connectivity index (χ4v) is 2.44. The fourth-order valence-electron chi connectivity index (χ4n) is 1.51. The highest BCUT2D eigenvalue weighted by Crippen LogP contribution is 2.42. The molecule has 1 aliphatic carbocycles. The molecule has 0 atom stereocenters. The lowest BCUT2D eigenvalue weighted by Gasteiger charge is -2.14. The largest absolute Gasteiger partial charge is 0.306 e. The van der Waals surface area contributed by atoms with Crippen molar-refractivity contribution in [3.05, 3.63) is 5.82 Å². The summed E-state index contributed by atoms with van der Waals surface area (Å²) in [7, 11) is 0.988. The summed E-state index contributed by atoms with van der Waals surface area (Å²) < 4.78 is 50.5. The van der Waals surface area contributed by atoms with Crippen LogP contribution in [0.3, 0.4) is 0 Å². The second-order valence-corrected chi connectivity index (χ2v) is 6.36. The molecular formula is C8H10ClF2N3O2S. The highest BCUT2D eigenvalue weighted by molar-refractivity contribution is 8.13. The van der Waals surface area contributed by atoms with Crippen LogP contribution in [0.25, 0.3) is 0 Å². The number of nitrogens with zero attached hydrogens (tertiary/aromatic N) is 3. The van der Waals surface area contributed by atoms with E-state index in [1.807, 2.05) is 0 Å². The SMILES string of the molecule is CCC(F)(F)c1nnc(S(=O)(=O)Cl)n1C1CC1. The maximum atomic E-state index is 13.6. The van der Waals surface area contributed by atoms with Crippen LogP contribution in [0.1, 0.15) is 38.1 Å². The summed E-state index contributed by atoms with van der Waals surface area (Å²) in [5.41, 5.74) is 0. The molecule has 5 nitrogen and oxygen atoms in total. The molecule has 0 unspecified atom stereocenters. The van der Waals surface area contributed by atoms with Crippen molar-refractivity contribution in [1.29, 1.82) is 0 Å². The minimum atomic E-state index is -4.16. The molecule has 0 aliphatic heterocycles. The maximum Gasteiger partial charge on any atom is 0.306 e. The molecule has 0 N–H and O–H groups in total. The van der Waals surface area contributed by atoms with Crippen LogP contribution in [0.4, 0.5) is 8.78 Å². The molecule has 0 spiro atoms. The number of alkyl halides is 2. The highest BCUT2D eigenvalue weighted by Gasteiger charge is 2.42. The Morgan fingerprint density at radius 3 is 2.47 bits per heavy atom. The van der Waals surface area contributed by atoms with Crippen LogP contribution >= 0.6 is 10.7 Å². The third-order valence-electron chi connectivity index (χ3n) is 2.57. The van der Waals surface area contributed by atoms with E-state index in [4.69, 9.17) is 10.7 Å². The first-order valence-electron chi connectivity index (χ1n) is 5.05. The van der Waals surface area contributed by atoms with E-state index in [0.29, 0.717) is 12.8 Å². The van der Waals surface area contributed by atoms with Gasteiger partial charge in [0.2, 0.25) is 5.82 Å². The number of aromatic nitrogens is 3. The zero-order valence-corrected chi connectivity index (χ0v) is 10.5. The van der Waals surface area contributed by atoms with Gasteiger partial charge in [-0.15, -0.1) is 10.2 Å². The average molecular weight is 286 g/mol. The number of rotatable bonds is 4. The van der Waals surface area contributed by atoms with Crippen LogP contribution < -0.4 is 0 Å². The lowest BCUT2D eigenvalue weighted by atomic mass is 10.2. The Hall–Kier alpha value is -0.760. The van der Waals surface area contributed by atoms with E-state index in [1.165, 1.54) is 6.92 Å². The number of hydrogen-bond acceptors (Lipinski definition) is 4. The van der Waals surface area contributed by atoms with Crippen molar-refractivity contribution >= 4 is 19.7 Å². The number of halogens is 3. The molecule has 0 amide bonds. The predicted octanol–water partition coefficient (Wildman–Crippen LogP) is 2.04. The van der Waals surface area contributed by atoms with E-state index in [9.17, 15) is 17.2 Å². The molecule has 1 aliphatic rings. The second kappa shape index (κ2) is 3.88. The van der Waals surface area contributed by atoms with Crippen molar-refractivity contribution < 1.29 is 17.2 Å². The van der Waals surface area contributed by atoms with Crippen LogP contribution in [0.15, 0.2) is 5.16 Å². The van der Waals surface area contributed by atoms with Crippen molar-refractivity contribution in [2.24, 2.45) is 0 Å². The van der Waals surface area contributed by atoms with Crippen molar-refractivity contribution in [2.45, 2.75) is 43.3 Å². The minimum absolute atomic E-state index is 0.291. The zero-order chi connectivity index (χ0) is 12.8. The Kier molecular flexibility index (Phi) is 2.89. The summed E-state index contributed by atoms with van der Waals surface area (Å²) >= 11 is 0. The van der Waals surface area contributed by atoms with Gasteiger partial charge in [0.1, 0.15) is 0 Å². The lowest BCUT2D eigenvalue weighted by molar-refractivity contribution is -0.0218. The molecule has 1 aromatic heterocycles. The van der Waals surface area contributed by atoms with Gasteiger partial charge in [-0.25, -0.2) is 8.42 Å². The standard InChI is InChI=1S/C8H10ClF2N3O2S/c1-2-8(10,11)6-12-13-7(17(9,15)16)14(6)5-3-4-5/h5H,2-4H2,1H3. The van der Waals surface area contributed by atoms with E-state index >= 15 is 0 Å². The normalized spacial score (nSPS) is 17.4. The first kappa shape index (κ1) is 12.7. The summed E-state index contributed by atoms with van der Waals surface area (Å²) in [6.07, 6.45) is 0.786. The van der Waals surface area contributed by atoms with E-state index in [-0.39, 0.29) is 6.04 Å². The second-order valence-electron chi connectivity index (χ2n) is 3.90. The summed E-state index contributed by atoms with van der Waals surface area (Å²) in [4.78, 5) is 0. The quantitative estimate of drug-likeness (QED) is 0.794. The molecule has 0 aromatic carbocycles. The van der Waals surface area contributed by atoms with Gasteiger partial charge in [0.15, 0.2) is 0 Å². The van der Waals surface area contributed by atoms with Crippen LogP contribution in [-0.4, -0.2) is 23.2 Å². The molecular weight excluding hydrogens is 276 g/mol. The van der Waals surface area contributed by atoms with Gasteiger partial charge in [-0.3, -0.25) is 4.57 Å². The first-order chi connectivity index (χ1) is 7.77. The Morgan fingerprint density at radius 1 is 1.47 bits per heavy atom. The van der Waals surface area contributed by atoms with Crippen LogP contribution in [0, 0.1) is 0 Å². The Labute approximate surface area is 101 Å². The Morgan fingerprint density at radius 2 is 2.06 bits per heavy atom. The van der Waals surface area contributed by atoms with E-state index in [0.717, 1.165) is 4.57 Å². The van der Waals surface area contributed by atoms with Crippen LogP contribution in [-0.2, 0) is 15.0 Å². The maximum absolute atomic E-state index is 13.6. The Bertz CT molecular complexity index is 539. The summed E-state index contributed by atoms with van der Waals surface area (Å²) in [5.74, 6) is -3.82. The molecule has 17 heavy (non-hydrogen) atoms. The van der Waals surface area contributed by atoms with Crippen molar-refractivity contribution in [1.82, 2.24) is 14.8 Å². The monoisotopic (exact) mass is 285 g/mol. The third-order valence-corrected chi connectivity index (χ3v) is 3.69. The van der Waals surface area contributed by atoms with Crippen LogP contribution in [0.2, 0.25) is 0 Å². The highest BCUT2D eigenvalue weighted by atomic mass is 35.7. The molecule has 9 heteroatoms. The first-order valence-corrected chi connectivity index (χ1v) is 7.36. The van der Waals surface area contributed by atoms with Gasteiger partial charge in [-0.2, -0.15) is 8.78 Å². The fraction of sp³-hybridized carbons (Fsp3) is 0.750. The summed E-state index contributed by atoms with van der Waals surface area (Å²) in [6, 6.07) is -0.291. The lowest BCUT2D eigenvalue weighted by Crippen LogP contribution is -2.20. The minimum Gasteiger partial charge on any atom is -0.293 e. The predicted molar refractivity (Wildman–Crippen MR) is 55.5 cm³/mol. The van der Waals surface area contributed by atoms with E-state index in [2.05, 4.69) is 10.2 Å². The molecule has 0 radical (unpaired) electrons. The van der Waals surface area contributed by atoms with Gasteiger partial charge in [0, 0.05) is 23.1 Å². The molecule has 96 valence electrons. The van der Waals surface area contributed by atoms with Gasteiger partial charge in [0.25, 0.3) is 14.2 Å². The Balaban J connectivity index is 2.59. The van der Waals surface area contributed by atoms with E-state index in [1.54, 1.807) is 0 Å². The molecule has 1 aromatic rings. The zero-order valence-electron chi connectivity index (χ0n) is 8.90. The molecule has 1 fully saturated rings.